The largest absolute Gasteiger partial charge is 0.423 e. The van der Waals surface area contributed by atoms with Gasteiger partial charge in [-0.3, -0.25) is 9.89 Å². The molecule has 4 heterocycles. The molecule has 28 heavy (non-hydrogen) atoms. The van der Waals surface area contributed by atoms with Crippen molar-refractivity contribution in [2.45, 2.75) is 6.42 Å². The minimum absolute atomic E-state index is 0.105. The lowest BCUT2D eigenvalue weighted by atomic mass is 10.3. The van der Waals surface area contributed by atoms with Crippen molar-refractivity contribution in [2.24, 2.45) is 0 Å². The van der Waals surface area contributed by atoms with Crippen molar-refractivity contribution in [3.05, 3.63) is 42.4 Å². The van der Waals surface area contributed by atoms with E-state index in [1.165, 1.54) is 11.0 Å². The molecule has 0 unspecified atom stereocenters. The van der Waals surface area contributed by atoms with Crippen LogP contribution in [0.5, 0.6) is 0 Å². The van der Waals surface area contributed by atoms with Crippen molar-refractivity contribution in [1.82, 2.24) is 40.3 Å². The Balaban J connectivity index is 1.29. The number of amides is 1. The number of aromatic nitrogens is 7. The average Bonchev–Trinajstić information content (AvgIpc) is 3.44. The van der Waals surface area contributed by atoms with Crippen molar-refractivity contribution < 1.29 is 9.21 Å². The van der Waals surface area contributed by atoms with E-state index in [0.29, 0.717) is 37.2 Å². The summed E-state index contributed by atoms with van der Waals surface area (Å²) in [6, 6.07) is 9.93. The van der Waals surface area contributed by atoms with Crippen LogP contribution in [0.2, 0.25) is 0 Å². The summed E-state index contributed by atoms with van der Waals surface area (Å²) in [7, 11) is 0. The van der Waals surface area contributed by atoms with E-state index in [2.05, 4.69) is 35.6 Å². The normalized spacial score (nSPS) is 15.1. The Kier molecular flexibility index (Phi) is 3.96. The number of H-pyrrole nitrogens is 1. The number of rotatable bonds is 3. The number of hydrogen-bond donors (Lipinski definition) is 1. The van der Waals surface area contributed by atoms with Gasteiger partial charge in [-0.15, -0.1) is 5.10 Å². The fourth-order valence-corrected chi connectivity index (χ4v) is 3.28. The number of nitrogens with zero attached hydrogens (tertiary/aromatic N) is 8. The van der Waals surface area contributed by atoms with Crippen LogP contribution in [0, 0.1) is 0 Å². The molecule has 0 aliphatic carbocycles. The van der Waals surface area contributed by atoms with Gasteiger partial charge in [0, 0.05) is 32.2 Å². The smallest absolute Gasteiger partial charge is 0.298 e. The van der Waals surface area contributed by atoms with E-state index in [9.17, 15) is 4.79 Å². The van der Waals surface area contributed by atoms with Crippen molar-refractivity contribution in [3.8, 4) is 5.82 Å². The minimum atomic E-state index is -0.105. The summed E-state index contributed by atoms with van der Waals surface area (Å²) in [6.45, 7) is 2.63. The zero-order valence-corrected chi connectivity index (χ0v) is 14.9. The highest BCUT2D eigenvalue weighted by Crippen LogP contribution is 2.23. The van der Waals surface area contributed by atoms with Gasteiger partial charge in [-0.05, 0) is 29.0 Å². The molecule has 0 radical (unpaired) electrons. The third-order valence-electron chi connectivity index (χ3n) is 4.71. The number of nitrogens with one attached hydrogen (secondary N) is 1. The first kappa shape index (κ1) is 16.4. The maximum Gasteiger partial charge on any atom is 0.298 e. The summed E-state index contributed by atoms with van der Waals surface area (Å²) < 4.78 is 7.26. The highest BCUT2D eigenvalue weighted by Gasteiger charge is 2.24. The number of para-hydroxylation sites is 2. The van der Waals surface area contributed by atoms with Gasteiger partial charge in [0.05, 0.1) is 0 Å². The fourth-order valence-electron chi connectivity index (χ4n) is 3.28. The van der Waals surface area contributed by atoms with Crippen LogP contribution in [0.1, 0.15) is 16.9 Å². The standard InChI is InChI=1S/C17H17N9O2/c27-16(13-10-15(21-20-13)26-11-18-22-23-26)24-6-3-7-25(9-8-24)17-19-12-4-1-2-5-14(12)28-17/h1-2,4-5,10-11H,3,6-9H2,(H,20,21). The van der Waals surface area contributed by atoms with Gasteiger partial charge >= 0.3 is 0 Å². The van der Waals surface area contributed by atoms with Gasteiger partial charge in [0.15, 0.2) is 11.4 Å². The summed E-state index contributed by atoms with van der Waals surface area (Å²) in [5, 5.41) is 17.8. The highest BCUT2D eigenvalue weighted by molar-refractivity contribution is 5.92. The third-order valence-corrected chi connectivity index (χ3v) is 4.71. The molecular formula is C17H17N9O2. The molecule has 0 atom stereocenters. The molecule has 142 valence electrons. The molecule has 0 saturated carbocycles. The molecule has 0 spiro atoms. The molecule has 1 aromatic carbocycles. The van der Waals surface area contributed by atoms with Crippen LogP contribution in [0.15, 0.2) is 41.1 Å². The number of tetrazole rings is 1. The molecule has 1 fully saturated rings. The van der Waals surface area contributed by atoms with E-state index >= 15 is 0 Å². The van der Waals surface area contributed by atoms with Crippen molar-refractivity contribution in [1.29, 1.82) is 0 Å². The zero-order valence-electron chi connectivity index (χ0n) is 14.9. The van der Waals surface area contributed by atoms with Gasteiger partial charge in [0.1, 0.15) is 17.5 Å². The first-order valence-electron chi connectivity index (χ1n) is 8.96. The monoisotopic (exact) mass is 379 g/mol. The Bertz CT molecular complexity index is 1070. The molecule has 3 aromatic heterocycles. The molecule has 5 rings (SSSR count). The van der Waals surface area contributed by atoms with Crippen LogP contribution >= 0.6 is 0 Å². The summed E-state index contributed by atoms with van der Waals surface area (Å²) >= 11 is 0. The number of oxazole rings is 1. The molecule has 1 N–H and O–H groups in total. The first-order chi connectivity index (χ1) is 13.8. The van der Waals surface area contributed by atoms with Gasteiger partial charge in [-0.1, -0.05) is 12.1 Å². The van der Waals surface area contributed by atoms with E-state index < -0.39 is 0 Å². The van der Waals surface area contributed by atoms with E-state index in [0.717, 1.165) is 24.1 Å². The van der Waals surface area contributed by atoms with Gasteiger partial charge in [-0.25, -0.2) is 0 Å². The van der Waals surface area contributed by atoms with Crippen LogP contribution in [-0.4, -0.2) is 72.4 Å². The van der Waals surface area contributed by atoms with Crippen LogP contribution in [0.3, 0.4) is 0 Å². The molecule has 0 bridgehead atoms. The van der Waals surface area contributed by atoms with Gasteiger partial charge < -0.3 is 14.2 Å². The SMILES string of the molecule is O=C(c1cc(-n2cnnn2)n[nH]1)N1CCCN(c2nc3ccccc3o2)CC1. The first-order valence-corrected chi connectivity index (χ1v) is 8.96. The second kappa shape index (κ2) is 6.76. The van der Waals surface area contributed by atoms with Crippen molar-refractivity contribution in [2.75, 3.05) is 31.1 Å². The Hall–Kier alpha value is -3.76. The topological polar surface area (TPSA) is 122 Å². The molecule has 11 heteroatoms. The van der Waals surface area contributed by atoms with E-state index in [-0.39, 0.29) is 5.91 Å². The third kappa shape index (κ3) is 2.96. The quantitative estimate of drug-likeness (QED) is 0.557. The van der Waals surface area contributed by atoms with Gasteiger partial charge in [-0.2, -0.15) is 14.8 Å². The lowest BCUT2D eigenvalue weighted by Gasteiger charge is -2.20. The number of aromatic amines is 1. The molecule has 1 aliphatic rings. The molecule has 11 nitrogen and oxygen atoms in total. The summed E-state index contributed by atoms with van der Waals surface area (Å²) in [5.74, 6) is 0.363. The number of carbonyl (C=O) groups excluding carboxylic acids is 1. The van der Waals surface area contributed by atoms with Gasteiger partial charge in [0.2, 0.25) is 0 Å². The second-order valence-corrected chi connectivity index (χ2v) is 6.49. The van der Waals surface area contributed by atoms with Crippen LogP contribution in [0.25, 0.3) is 16.9 Å². The van der Waals surface area contributed by atoms with Crippen molar-refractivity contribution >= 4 is 23.0 Å². The minimum Gasteiger partial charge on any atom is -0.423 e. The predicted molar refractivity (Wildman–Crippen MR) is 98.0 cm³/mol. The molecule has 4 aromatic rings. The van der Waals surface area contributed by atoms with E-state index in [1.807, 2.05) is 24.3 Å². The number of hydrogen-bond acceptors (Lipinski definition) is 8. The zero-order chi connectivity index (χ0) is 18.9. The van der Waals surface area contributed by atoms with Crippen LogP contribution in [-0.2, 0) is 0 Å². The summed E-state index contributed by atoms with van der Waals surface area (Å²) in [6.07, 6.45) is 2.24. The van der Waals surface area contributed by atoms with E-state index in [4.69, 9.17) is 4.42 Å². The number of benzene rings is 1. The summed E-state index contributed by atoms with van der Waals surface area (Å²) in [4.78, 5) is 21.3. The lowest BCUT2D eigenvalue weighted by molar-refractivity contribution is 0.0761. The maximum absolute atomic E-state index is 12.9. The Morgan fingerprint density at radius 3 is 2.93 bits per heavy atom. The average molecular weight is 379 g/mol. The molecule has 1 saturated heterocycles. The number of fused-ring (bicyclic) bond motifs is 1. The molecule has 1 amide bonds. The Morgan fingerprint density at radius 2 is 2.07 bits per heavy atom. The molecule has 1 aliphatic heterocycles. The lowest BCUT2D eigenvalue weighted by Crippen LogP contribution is -2.35. The molecular weight excluding hydrogens is 362 g/mol. The Labute approximate surface area is 158 Å². The number of carbonyl (C=O) groups is 1. The second-order valence-electron chi connectivity index (χ2n) is 6.49. The highest BCUT2D eigenvalue weighted by atomic mass is 16.4. The van der Waals surface area contributed by atoms with Gasteiger partial charge in [0.25, 0.3) is 11.9 Å². The Morgan fingerprint density at radius 1 is 1.14 bits per heavy atom. The predicted octanol–water partition coefficient (Wildman–Crippen LogP) is 0.879. The van der Waals surface area contributed by atoms with E-state index in [1.54, 1.807) is 11.0 Å². The van der Waals surface area contributed by atoms with Crippen LogP contribution in [0.4, 0.5) is 6.01 Å². The van der Waals surface area contributed by atoms with Crippen LogP contribution < -0.4 is 4.90 Å². The maximum atomic E-state index is 12.9. The summed E-state index contributed by atoms with van der Waals surface area (Å²) in [5.41, 5.74) is 2.00. The van der Waals surface area contributed by atoms with Crippen molar-refractivity contribution in [3.63, 3.8) is 0 Å². The fraction of sp³-hybridized carbons (Fsp3) is 0.294. The number of anilines is 1.